The lowest BCUT2D eigenvalue weighted by Crippen LogP contribution is -2.21. The summed E-state index contributed by atoms with van der Waals surface area (Å²) in [6.45, 7) is 5.90. The second-order valence-electron chi connectivity index (χ2n) is 8.43. The van der Waals surface area contributed by atoms with E-state index in [1.807, 2.05) is 86.0 Å². The van der Waals surface area contributed by atoms with Crippen LogP contribution < -0.4 is 14.9 Å². The molecule has 8 nitrogen and oxygen atoms in total. The van der Waals surface area contributed by atoms with E-state index in [2.05, 4.69) is 20.7 Å². The average molecular weight is 516 g/mol. The molecule has 0 atom stereocenters. The number of amides is 1. The van der Waals surface area contributed by atoms with Crippen molar-refractivity contribution in [3.8, 4) is 28.6 Å². The molecule has 4 rings (SSSR count). The number of benzene rings is 3. The summed E-state index contributed by atoms with van der Waals surface area (Å²) in [4.78, 5) is 12.6. The summed E-state index contributed by atoms with van der Waals surface area (Å²) >= 11 is 1.30. The largest absolute Gasteiger partial charge is 0.493 e. The second kappa shape index (κ2) is 11.7. The molecule has 37 heavy (non-hydrogen) atoms. The fourth-order valence-corrected chi connectivity index (χ4v) is 4.36. The molecular weight excluding hydrogens is 486 g/mol. The maximum atomic E-state index is 12.6. The van der Waals surface area contributed by atoms with Gasteiger partial charge in [0.1, 0.15) is 0 Å². The maximum Gasteiger partial charge on any atom is 0.250 e. The highest BCUT2D eigenvalue weighted by Gasteiger charge is 2.17. The van der Waals surface area contributed by atoms with Crippen LogP contribution in [0.15, 0.2) is 77.0 Å². The topological polar surface area (TPSA) is 90.6 Å². The summed E-state index contributed by atoms with van der Waals surface area (Å²) in [6, 6.07) is 21.7. The summed E-state index contributed by atoms with van der Waals surface area (Å²) in [7, 11) is 3.16. The van der Waals surface area contributed by atoms with E-state index in [0.29, 0.717) is 28.2 Å². The Kier molecular flexibility index (Phi) is 8.25. The maximum absolute atomic E-state index is 12.6. The Morgan fingerprint density at radius 3 is 2.22 bits per heavy atom. The monoisotopic (exact) mass is 515 g/mol. The van der Waals surface area contributed by atoms with Crippen LogP contribution in [0.2, 0.25) is 0 Å². The van der Waals surface area contributed by atoms with Gasteiger partial charge in [0.2, 0.25) is 0 Å². The van der Waals surface area contributed by atoms with E-state index in [4.69, 9.17) is 9.47 Å². The van der Waals surface area contributed by atoms with Crippen molar-refractivity contribution in [3.05, 3.63) is 83.4 Å². The molecule has 0 unspecified atom stereocenters. The van der Waals surface area contributed by atoms with Crippen LogP contribution in [0.5, 0.6) is 11.5 Å². The van der Waals surface area contributed by atoms with Gasteiger partial charge in [0.05, 0.1) is 25.7 Å². The van der Waals surface area contributed by atoms with Crippen molar-refractivity contribution in [2.75, 3.05) is 20.0 Å². The number of carbonyl (C=O) groups excluding carboxylic acids is 1. The number of methoxy groups -OCH3 is 2. The second-order valence-corrected chi connectivity index (χ2v) is 9.38. The molecule has 1 heterocycles. The Morgan fingerprint density at radius 1 is 0.919 bits per heavy atom. The van der Waals surface area contributed by atoms with Crippen molar-refractivity contribution in [1.29, 1.82) is 0 Å². The van der Waals surface area contributed by atoms with Gasteiger partial charge in [-0.3, -0.25) is 9.36 Å². The highest BCUT2D eigenvalue weighted by molar-refractivity contribution is 7.99. The fourth-order valence-electron chi connectivity index (χ4n) is 3.61. The molecule has 1 amide bonds. The lowest BCUT2D eigenvalue weighted by molar-refractivity contribution is -0.118. The molecule has 9 heteroatoms. The highest BCUT2D eigenvalue weighted by atomic mass is 32.2. The van der Waals surface area contributed by atoms with Crippen LogP contribution in [0.4, 0.5) is 0 Å². The molecule has 0 bridgehead atoms. The van der Waals surface area contributed by atoms with Gasteiger partial charge in [0.15, 0.2) is 22.5 Å². The Bertz CT molecular complexity index is 1410. The number of hydrogen-bond donors (Lipinski definition) is 1. The van der Waals surface area contributed by atoms with Crippen molar-refractivity contribution in [1.82, 2.24) is 20.2 Å². The van der Waals surface area contributed by atoms with Crippen molar-refractivity contribution in [2.24, 2.45) is 5.10 Å². The number of hydrogen-bond acceptors (Lipinski definition) is 7. The zero-order chi connectivity index (χ0) is 26.4. The van der Waals surface area contributed by atoms with Crippen molar-refractivity contribution in [3.63, 3.8) is 0 Å². The third-order valence-corrected chi connectivity index (χ3v) is 6.65. The van der Waals surface area contributed by atoms with Gasteiger partial charge < -0.3 is 9.47 Å². The molecular formula is C28H29N5O3S. The first-order chi connectivity index (χ1) is 17.9. The zero-order valence-corrected chi connectivity index (χ0v) is 22.3. The first-order valence-electron chi connectivity index (χ1n) is 11.7. The lowest BCUT2D eigenvalue weighted by Gasteiger charge is -2.11. The van der Waals surface area contributed by atoms with Gasteiger partial charge in [-0.2, -0.15) is 5.10 Å². The molecule has 3 aromatic carbocycles. The summed E-state index contributed by atoms with van der Waals surface area (Å²) < 4.78 is 12.6. The van der Waals surface area contributed by atoms with Gasteiger partial charge in [-0.1, -0.05) is 59.3 Å². The molecule has 0 aliphatic heterocycles. The number of aryl methyl sites for hydroxylation is 2. The first-order valence-corrected chi connectivity index (χ1v) is 12.7. The molecule has 0 saturated heterocycles. The predicted octanol–water partition coefficient (Wildman–Crippen LogP) is 5.20. The molecule has 0 fully saturated rings. The third-order valence-electron chi connectivity index (χ3n) is 5.72. The van der Waals surface area contributed by atoms with Crippen LogP contribution in [-0.4, -0.2) is 46.4 Å². The zero-order valence-electron chi connectivity index (χ0n) is 21.5. The number of thioether (sulfide) groups is 1. The number of hydrazone groups is 1. The van der Waals surface area contributed by atoms with E-state index in [0.717, 1.165) is 22.4 Å². The summed E-state index contributed by atoms with van der Waals surface area (Å²) in [6.07, 6.45) is 0. The van der Waals surface area contributed by atoms with Crippen LogP contribution in [-0.2, 0) is 4.79 Å². The smallest absolute Gasteiger partial charge is 0.250 e. The Balaban J connectivity index is 1.51. The molecule has 0 radical (unpaired) electrons. The molecule has 0 spiro atoms. The standard InChI is InChI=1S/C28H29N5O3S/c1-18-6-10-21(11-7-18)27-31-32-28(33(27)23-13-8-19(2)9-14-23)37-17-26(34)30-29-20(3)22-12-15-24(35-4)25(16-22)36-5/h6-16H,17H2,1-5H3,(H,30,34). The van der Waals surface area contributed by atoms with E-state index in [1.54, 1.807) is 20.3 Å². The number of carbonyl (C=O) groups is 1. The first kappa shape index (κ1) is 26.0. The molecule has 0 aliphatic carbocycles. The molecule has 1 N–H and O–H groups in total. The molecule has 190 valence electrons. The van der Waals surface area contributed by atoms with Crippen LogP contribution in [0.3, 0.4) is 0 Å². The number of rotatable bonds is 9. The minimum Gasteiger partial charge on any atom is -0.493 e. The molecule has 1 aromatic heterocycles. The molecule has 0 saturated carbocycles. The van der Waals surface area contributed by atoms with Crippen molar-refractivity contribution in [2.45, 2.75) is 25.9 Å². The third kappa shape index (κ3) is 6.18. The molecule has 4 aromatic rings. The highest BCUT2D eigenvalue weighted by Crippen LogP contribution is 2.29. The van der Waals surface area contributed by atoms with Crippen LogP contribution >= 0.6 is 11.8 Å². The van der Waals surface area contributed by atoms with Gasteiger partial charge in [0, 0.05) is 16.8 Å². The number of nitrogens with one attached hydrogen (secondary N) is 1. The van der Waals surface area contributed by atoms with Crippen LogP contribution in [0.25, 0.3) is 17.1 Å². The van der Waals surface area contributed by atoms with E-state index in [9.17, 15) is 4.79 Å². The quantitative estimate of drug-likeness (QED) is 0.187. The minimum atomic E-state index is -0.250. The average Bonchev–Trinajstić information content (AvgIpc) is 3.34. The van der Waals surface area contributed by atoms with E-state index in [-0.39, 0.29) is 11.7 Å². The minimum absolute atomic E-state index is 0.126. The van der Waals surface area contributed by atoms with E-state index < -0.39 is 0 Å². The molecule has 0 aliphatic rings. The van der Waals surface area contributed by atoms with Gasteiger partial charge >= 0.3 is 0 Å². The summed E-state index contributed by atoms with van der Waals surface area (Å²) in [5, 5.41) is 13.7. The lowest BCUT2D eigenvalue weighted by atomic mass is 10.1. The summed E-state index contributed by atoms with van der Waals surface area (Å²) in [5.41, 5.74) is 8.28. The van der Waals surface area contributed by atoms with Crippen molar-refractivity contribution < 1.29 is 14.3 Å². The Labute approximate surface area is 220 Å². The van der Waals surface area contributed by atoms with Gasteiger partial charge in [-0.15, -0.1) is 10.2 Å². The van der Waals surface area contributed by atoms with E-state index >= 15 is 0 Å². The van der Waals surface area contributed by atoms with Crippen LogP contribution in [0, 0.1) is 13.8 Å². The Morgan fingerprint density at radius 2 is 1.57 bits per heavy atom. The normalized spacial score (nSPS) is 11.3. The fraction of sp³-hybridized carbons (Fsp3) is 0.214. The summed E-state index contributed by atoms with van der Waals surface area (Å²) in [5.74, 6) is 1.81. The van der Waals surface area contributed by atoms with Gasteiger partial charge in [-0.25, -0.2) is 5.43 Å². The van der Waals surface area contributed by atoms with E-state index in [1.165, 1.54) is 17.3 Å². The SMILES string of the molecule is COc1ccc(C(C)=NNC(=O)CSc2nnc(-c3ccc(C)cc3)n2-c2ccc(C)cc2)cc1OC. The van der Waals surface area contributed by atoms with Gasteiger partial charge in [0.25, 0.3) is 5.91 Å². The Hall–Kier alpha value is -4.11. The van der Waals surface area contributed by atoms with Crippen molar-refractivity contribution >= 4 is 23.4 Å². The van der Waals surface area contributed by atoms with Gasteiger partial charge in [-0.05, 0) is 51.1 Å². The predicted molar refractivity (Wildman–Crippen MR) is 147 cm³/mol. The number of nitrogens with zero attached hydrogens (tertiary/aromatic N) is 4. The van der Waals surface area contributed by atoms with Crippen LogP contribution in [0.1, 0.15) is 23.6 Å². The number of ether oxygens (including phenoxy) is 2. The number of aromatic nitrogens is 3.